The van der Waals surface area contributed by atoms with Gasteiger partial charge in [0, 0.05) is 10.5 Å². The number of hydrogen-bond acceptors (Lipinski definition) is 5. The maximum absolute atomic E-state index is 12.1. The van der Waals surface area contributed by atoms with Crippen molar-refractivity contribution in [3.05, 3.63) is 72.5 Å². The number of nitrogens with zero attached hydrogens (tertiary/aromatic N) is 2. The number of halogens is 2. The van der Waals surface area contributed by atoms with Gasteiger partial charge < -0.3 is 5.32 Å². The van der Waals surface area contributed by atoms with E-state index in [1.165, 1.54) is 23.9 Å². The first kappa shape index (κ1) is 17.7. The van der Waals surface area contributed by atoms with E-state index in [1.807, 2.05) is 24.3 Å². The summed E-state index contributed by atoms with van der Waals surface area (Å²) in [5, 5.41) is 14.1. The Bertz CT molecular complexity index is 929. The van der Waals surface area contributed by atoms with Gasteiger partial charge in [-0.2, -0.15) is 0 Å². The molecule has 2 aromatic rings. The van der Waals surface area contributed by atoms with Crippen LogP contribution in [0.4, 0.5) is 11.4 Å². The molecule has 1 aliphatic rings. The second-order valence-electron chi connectivity index (χ2n) is 4.93. The molecule has 1 amide bonds. The molecule has 3 rings (SSSR count). The van der Waals surface area contributed by atoms with Crippen molar-refractivity contribution >= 4 is 67.8 Å². The maximum Gasteiger partial charge on any atom is 0.288 e. The Morgan fingerprint density at radius 1 is 1.24 bits per heavy atom. The van der Waals surface area contributed by atoms with E-state index in [4.69, 9.17) is 11.6 Å². The number of nitrogens with one attached hydrogen (secondary N) is 1. The number of hydrogen-bond donors (Lipinski definition) is 1. The molecule has 0 atom stereocenters. The summed E-state index contributed by atoms with van der Waals surface area (Å²) in [5.74, 6) is -0.307. The maximum atomic E-state index is 12.1. The number of nitro benzene ring substituents is 1. The number of amides is 1. The molecule has 25 heavy (non-hydrogen) atoms. The van der Waals surface area contributed by atoms with E-state index in [2.05, 4.69) is 26.2 Å². The number of nitro groups is 1. The van der Waals surface area contributed by atoms with E-state index >= 15 is 0 Å². The van der Waals surface area contributed by atoms with Crippen LogP contribution in [0.15, 0.2) is 56.8 Å². The fourth-order valence-electron chi connectivity index (χ4n) is 2.02. The minimum atomic E-state index is -0.563. The molecule has 1 saturated heterocycles. The largest absolute Gasteiger partial charge is 0.300 e. The molecular weight excluding hydrogens is 430 g/mol. The monoisotopic (exact) mass is 437 g/mol. The van der Waals surface area contributed by atoms with E-state index in [9.17, 15) is 14.9 Å². The number of aliphatic imine (C=N–C) groups is 1. The Morgan fingerprint density at radius 2 is 1.96 bits per heavy atom. The normalized spacial score (nSPS) is 17.1. The lowest BCUT2D eigenvalue weighted by Gasteiger charge is -1.98. The first-order valence-corrected chi connectivity index (χ1v) is 8.90. The van der Waals surface area contributed by atoms with Gasteiger partial charge in [0.15, 0.2) is 5.17 Å². The van der Waals surface area contributed by atoms with Gasteiger partial charge >= 0.3 is 0 Å². The van der Waals surface area contributed by atoms with Crippen LogP contribution in [0.5, 0.6) is 0 Å². The van der Waals surface area contributed by atoms with Crippen molar-refractivity contribution in [2.24, 2.45) is 4.99 Å². The van der Waals surface area contributed by atoms with E-state index in [1.54, 1.807) is 12.1 Å². The quantitative estimate of drug-likeness (QED) is 0.419. The van der Waals surface area contributed by atoms with E-state index in [-0.39, 0.29) is 16.6 Å². The molecule has 0 aliphatic carbocycles. The summed E-state index contributed by atoms with van der Waals surface area (Å²) in [6, 6.07) is 11.7. The van der Waals surface area contributed by atoms with E-state index in [0.717, 1.165) is 4.47 Å². The zero-order valence-corrected chi connectivity index (χ0v) is 15.6. The highest BCUT2D eigenvalue weighted by molar-refractivity contribution is 9.10. The van der Waals surface area contributed by atoms with Crippen molar-refractivity contribution in [1.82, 2.24) is 5.32 Å². The average Bonchev–Trinajstić information content (AvgIpc) is 2.90. The van der Waals surface area contributed by atoms with Crippen molar-refractivity contribution in [3.63, 3.8) is 0 Å². The molecule has 0 saturated carbocycles. The number of carbonyl (C=O) groups excluding carboxylic acids is 1. The highest BCUT2D eigenvalue weighted by atomic mass is 79.9. The van der Waals surface area contributed by atoms with Gasteiger partial charge in [-0.25, -0.2) is 4.99 Å². The topological polar surface area (TPSA) is 84.6 Å². The van der Waals surface area contributed by atoms with Crippen molar-refractivity contribution < 1.29 is 9.72 Å². The third-order valence-electron chi connectivity index (χ3n) is 3.17. The molecule has 9 heteroatoms. The molecule has 1 heterocycles. The van der Waals surface area contributed by atoms with Gasteiger partial charge in [0.2, 0.25) is 0 Å². The Kier molecular flexibility index (Phi) is 5.22. The number of carbonyl (C=O) groups is 1. The molecule has 0 aromatic heterocycles. The van der Waals surface area contributed by atoms with Gasteiger partial charge in [0.05, 0.1) is 15.5 Å². The molecule has 1 N–H and O–H groups in total. The Hall–Kier alpha value is -2.16. The first-order valence-electron chi connectivity index (χ1n) is 6.91. The smallest absolute Gasteiger partial charge is 0.288 e. The molecule has 0 radical (unpaired) electrons. The van der Waals surface area contributed by atoms with Gasteiger partial charge in [-0.15, -0.1) is 0 Å². The van der Waals surface area contributed by atoms with Gasteiger partial charge in [-0.05, 0) is 53.7 Å². The van der Waals surface area contributed by atoms with E-state index < -0.39 is 4.92 Å². The van der Waals surface area contributed by atoms with Crippen LogP contribution in [-0.2, 0) is 4.79 Å². The van der Waals surface area contributed by atoms with Crippen molar-refractivity contribution in [2.75, 3.05) is 0 Å². The Labute approximate surface area is 160 Å². The third-order valence-corrected chi connectivity index (χ3v) is 4.93. The van der Waals surface area contributed by atoms with Gasteiger partial charge in [-0.3, -0.25) is 14.9 Å². The second-order valence-corrected chi connectivity index (χ2v) is 7.28. The van der Waals surface area contributed by atoms with Crippen molar-refractivity contribution in [2.45, 2.75) is 0 Å². The molecular formula is C16H9BrClN3O3S. The van der Waals surface area contributed by atoms with Crippen molar-refractivity contribution in [3.8, 4) is 0 Å². The second kappa shape index (κ2) is 7.38. The number of thioether (sulfide) groups is 1. The average molecular weight is 439 g/mol. The van der Waals surface area contributed by atoms with E-state index in [0.29, 0.717) is 21.3 Å². The molecule has 0 bridgehead atoms. The van der Waals surface area contributed by atoms with Crippen LogP contribution in [0, 0.1) is 10.1 Å². The zero-order chi connectivity index (χ0) is 18.0. The van der Waals surface area contributed by atoms with Gasteiger partial charge in [0.1, 0.15) is 5.02 Å². The molecule has 1 fully saturated rings. The molecule has 2 aromatic carbocycles. The number of rotatable bonds is 3. The lowest BCUT2D eigenvalue weighted by molar-refractivity contribution is -0.384. The SMILES string of the molecule is O=C1NC(=Nc2ccc(Br)cc2)SC1=Cc1ccc(Cl)c([N+](=O)[O-])c1. The fraction of sp³-hybridized carbons (Fsp3) is 0. The fourth-order valence-corrected chi connectivity index (χ4v) is 3.32. The third kappa shape index (κ3) is 4.28. The molecule has 126 valence electrons. The predicted molar refractivity (Wildman–Crippen MR) is 103 cm³/mol. The number of benzene rings is 2. The van der Waals surface area contributed by atoms with Crippen LogP contribution in [0.25, 0.3) is 6.08 Å². The summed E-state index contributed by atoms with van der Waals surface area (Å²) in [4.78, 5) is 27.2. The highest BCUT2D eigenvalue weighted by Gasteiger charge is 2.24. The van der Waals surface area contributed by atoms with Gasteiger partial charge in [-0.1, -0.05) is 33.6 Å². The Balaban J connectivity index is 1.85. The van der Waals surface area contributed by atoms with Crippen LogP contribution < -0.4 is 5.32 Å². The van der Waals surface area contributed by atoms with Crippen LogP contribution in [0.1, 0.15) is 5.56 Å². The summed E-state index contributed by atoms with van der Waals surface area (Å²) in [7, 11) is 0. The summed E-state index contributed by atoms with van der Waals surface area (Å²) in [6.45, 7) is 0. The lowest BCUT2D eigenvalue weighted by atomic mass is 10.2. The Morgan fingerprint density at radius 3 is 2.64 bits per heavy atom. The first-order chi connectivity index (χ1) is 11.9. The van der Waals surface area contributed by atoms with Crippen LogP contribution >= 0.6 is 39.3 Å². The van der Waals surface area contributed by atoms with Crippen molar-refractivity contribution in [1.29, 1.82) is 0 Å². The van der Waals surface area contributed by atoms with Gasteiger partial charge in [0.25, 0.3) is 11.6 Å². The van der Waals surface area contributed by atoms with Crippen LogP contribution in [-0.4, -0.2) is 16.0 Å². The minimum Gasteiger partial charge on any atom is -0.300 e. The molecule has 0 spiro atoms. The summed E-state index contributed by atoms with van der Waals surface area (Å²) in [5.41, 5.74) is 1.01. The number of amidine groups is 1. The standard InChI is InChI=1S/C16H9BrClN3O3S/c17-10-2-4-11(5-3-10)19-16-20-15(22)14(25-16)8-9-1-6-12(18)13(7-9)21(23)24/h1-8H,(H,19,20,22). The lowest BCUT2D eigenvalue weighted by Crippen LogP contribution is -2.19. The molecule has 0 unspecified atom stereocenters. The van der Waals surface area contributed by atoms with Crippen LogP contribution in [0.2, 0.25) is 5.02 Å². The summed E-state index contributed by atoms with van der Waals surface area (Å²) in [6.07, 6.45) is 1.56. The summed E-state index contributed by atoms with van der Waals surface area (Å²) < 4.78 is 0.935. The zero-order valence-electron chi connectivity index (χ0n) is 12.4. The molecule has 6 nitrogen and oxygen atoms in total. The minimum absolute atomic E-state index is 0.0492. The highest BCUT2D eigenvalue weighted by Crippen LogP contribution is 2.31. The molecule has 1 aliphatic heterocycles. The predicted octanol–water partition coefficient (Wildman–Crippen LogP) is 4.90. The summed E-state index contributed by atoms with van der Waals surface area (Å²) >= 11 is 10.3. The van der Waals surface area contributed by atoms with Crippen LogP contribution in [0.3, 0.4) is 0 Å².